The lowest BCUT2D eigenvalue weighted by Crippen LogP contribution is -2.24. The Morgan fingerprint density at radius 1 is 0.867 bits per heavy atom. The molecule has 1 heterocycles. The molecule has 30 heavy (non-hydrogen) atoms. The second-order valence-corrected chi connectivity index (χ2v) is 9.35. The van der Waals surface area contributed by atoms with Gasteiger partial charge in [-0.1, -0.05) is 34.9 Å². The van der Waals surface area contributed by atoms with Crippen molar-refractivity contribution in [2.75, 3.05) is 0 Å². The zero-order valence-corrected chi connectivity index (χ0v) is 20.3. The Balaban J connectivity index is 1.80. The molecule has 0 fully saturated rings. The second-order valence-electron chi connectivity index (χ2n) is 9.35. The summed E-state index contributed by atoms with van der Waals surface area (Å²) in [7, 11) is 0. The first-order valence-corrected chi connectivity index (χ1v) is 11.6. The Morgan fingerprint density at radius 2 is 1.47 bits per heavy atom. The fourth-order valence-corrected chi connectivity index (χ4v) is 4.22. The van der Waals surface area contributed by atoms with Crippen molar-refractivity contribution in [3.8, 4) is 11.5 Å². The molecular weight excluding hydrogens is 368 g/mol. The molecule has 1 unspecified atom stereocenters. The number of hydrogen-bond acceptors (Lipinski definition) is 2. The van der Waals surface area contributed by atoms with Crippen LogP contribution in [0.3, 0.4) is 0 Å². The lowest BCUT2D eigenvalue weighted by molar-refractivity contribution is 0.163. The molecule has 1 aliphatic heterocycles. The number of fused-ring (bicyclic) bond motifs is 1. The van der Waals surface area contributed by atoms with Gasteiger partial charge in [0.05, 0.1) is 6.10 Å². The average molecular weight is 411 g/mol. The van der Waals surface area contributed by atoms with Crippen LogP contribution in [0.25, 0.3) is 0 Å². The van der Waals surface area contributed by atoms with E-state index in [2.05, 4.69) is 52.8 Å². The lowest BCUT2D eigenvalue weighted by Gasteiger charge is -2.30. The van der Waals surface area contributed by atoms with E-state index in [1.54, 1.807) is 0 Å². The van der Waals surface area contributed by atoms with E-state index in [0.717, 1.165) is 67.4 Å². The maximum Gasteiger partial charge on any atom is 0.126 e. The standard InChI is InChI=1S/C28H42O2/c1-19(2)11-8-12-20(3)13-9-14-21(4)15-10-16-25-17-18-26-24(7)27(29)22(5)23(6)28(26)30-25/h11,13,15,25,29H,8-10,12,14,16-18H2,1-7H3/b20-13+,21-15+. The summed E-state index contributed by atoms with van der Waals surface area (Å²) in [5, 5.41) is 10.3. The molecule has 0 amide bonds. The van der Waals surface area contributed by atoms with E-state index in [-0.39, 0.29) is 6.10 Å². The zero-order valence-electron chi connectivity index (χ0n) is 20.3. The minimum absolute atomic E-state index is 0.279. The van der Waals surface area contributed by atoms with Crippen molar-refractivity contribution in [1.82, 2.24) is 0 Å². The lowest BCUT2D eigenvalue weighted by atomic mass is 9.90. The van der Waals surface area contributed by atoms with Crippen LogP contribution in [0.4, 0.5) is 0 Å². The maximum atomic E-state index is 10.3. The van der Waals surface area contributed by atoms with E-state index < -0.39 is 0 Å². The quantitative estimate of drug-likeness (QED) is 0.416. The van der Waals surface area contributed by atoms with Gasteiger partial charge in [0, 0.05) is 5.56 Å². The molecule has 1 N–H and O–H groups in total. The average Bonchev–Trinajstić information content (AvgIpc) is 2.70. The third-order valence-electron chi connectivity index (χ3n) is 6.45. The number of hydrogen-bond donors (Lipinski definition) is 1. The summed E-state index contributed by atoms with van der Waals surface area (Å²) in [6.45, 7) is 14.9. The van der Waals surface area contributed by atoms with Gasteiger partial charge in [-0.25, -0.2) is 0 Å². The van der Waals surface area contributed by atoms with Crippen LogP contribution >= 0.6 is 0 Å². The summed E-state index contributed by atoms with van der Waals surface area (Å²) in [6, 6.07) is 0. The summed E-state index contributed by atoms with van der Waals surface area (Å²) in [4.78, 5) is 0. The van der Waals surface area contributed by atoms with Crippen molar-refractivity contribution >= 4 is 0 Å². The van der Waals surface area contributed by atoms with Crippen molar-refractivity contribution in [3.63, 3.8) is 0 Å². The highest BCUT2D eigenvalue weighted by molar-refractivity contribution is 5.58. The summed E-state index contributed by atoms with van der Waals surface area (Å²) in [5.74, 6) is 1.46. The number of aromatic hydroxyl groups is 1. The number of rotatable bonds is 9. The molecule has 1 aliphatic rings. The van der Waals surface area contributed by atoms with Crippen molar-refractivity contribution in [1.29, 1.82) is 0 Å². The van der Waals surface area contributed by atoms with Crippen LogP contribution < -0.4 is 4.74 Å². The third kappa shape index (κ3) is 6.79. The van der Waals surface area contributed by atoms with E-state index in [1.807, 2.05) is 13.8 Å². The van der Waals surface area contributed by atoms with Crippen LogP contribution in [0.2, 0.25) is 0 Å². The van der Waals surface area contributed by atoms with Crippen molar-refractivity contribution < 1.29 is 9.84 Å². The zero-order chi connectivity index (χ0) is 22.3. The monoisotopic (exact) mass is 410 g/mol. The van der Waals surface area contributed by atoms with Gasteiger partial charge in [-0.3, -0.25) is 0 Å². The van der Waals surface area contributed by atoms with Crippen molar-refractivity contribution in [3.05, 3.63) is 57.2 Å². The topological polar surface area (TPSA) is 29.5 Å². The molecule has 2 rings (SSSR count). The Morgan fingerprint density at radius 3 is 2.10 bits per heavy atom. The number of allylic oxidation sites excluding steroid dienone is 6. The van der Waals surface area contributed by atoms with Crippen LogP contribution in [-0.4, -0.2) is 11.2 Å². The van der Waals surface area contributed by atoms with Gasteiger partial charge < -0.3 is 9.84 Å². The predicted molar refractivity (Wildman–Crippen MR) is 130 cm³/mol. The van der Waals surface area contributed by atoms with Gasteiger partial charge >= 0.3 is 0 Å². The van der Waals surface area contributed by atoms with Gasteiger partial charge in [0.15, 0.2) is 0 Å². The van der Waals surface area contributed by atoms with E-state index in [0.29, 0.717) is 5.75 Å². The summed E-state index contributed by atoms with van der Waals surface area (Å²) in [6.07, 6.45) is 16.2. The third-order valence-corrected chi connectivity index (χ3v) is 6.45. The molecule has 166 valence electrons. The van der Waals surface area contributed by atoms with Crippen LogP contribution in [0.1, 0.15) is 94.9 Å². The van der Waals surface area contributed by atoms with Gasteiger partial charge in [-0.05, 0) is 117 Å². The van der Waals surface area contributed by atoms with Crippen LogP contribution in [-0.2, 0) is 6.42 Å². The molecule has 0 radical (unpaired) electrons. The Kier molecular flexibility index (Phi) is 9.27. The number of ether oxygens (including phenoxy) is 1. The van der Waals surface area contributed by atoms with Crippen LogP contribution in [0.15, 0.2) is 34.9 Å². The fraction of sp³-hybridized carbons (Fsp3) is 0.571. The maximum absolute atomic E-state index is 10.3. The molecule has 0 aliphatic carbocycles. The Hall–Kier alpha value is -1.96. The first-order valence-electron chi connectivity index (χ1n) is 11.6. The first kappa shape index (κ1) is 24.3. The van der Waals surface area contributed by atoms with Gasteiger partial charge in [0.25, 0.3) is 0 Å². The summed E-state index contributed by atoms with van der Waals surface area (Å²) in [5.41, 5.74) is 8.62. The van der Waals surface area contributed by atoms with E-state index >= 15 is 0 Å². The summed E-state index contributed by atoms with van der Waals surface area (Å²) >= 11 is 0. The van der Waals surface area contributed by atoms with E-state index in [4.69, 9.17) is 4.74 Å². The molecule has 2 heteroatoms. The van der Waals surface area contributed by atoms with E-state index in [1.165, 1.54) is 28.7 Å². The van der Waals surface area contributed by atoms with Gasteiger partial charge in [0.2, 0.25) is 0 Å². The predicted octanol–water partition coefficient (Wildman–Crippen LogP) is 8.21. The fourth-order valence-electron chi connectivity index (χ4n) is 4.22. The normalized spacial score (nSPS) is 16.8. The first-order chi connectivity index (χ1) is 14.2. The second kappa shape index (κ2) is 11.4. The molecule has 0 aromatic heterocycles. The largest absolute Gasteiger partial charge is 0.507 e. The molecule has 0 saturated carbocycles. The molecule has 1 atom stereocenters. The van der Waals surface area contributed by atoms with Crippen LogP contribution in [0.5, 0.6) is 11.5 Å². The Labute approximate surface area is 184 Å². The molecule has 0 bridgehead atoms. The highest BCUT2D eigenvalue weighted by Crippen LogP contribution is 2.41. The number of phenolic OH excluding ortho intramolecular Hbond substituents is 1. The van der Waals surface area contributed by atoms with E-state index in [9.17, 15) is 5.11 Å². The van der Waals surface area contributed by atoms with Gasteiger partial charge in [-0.15, -0.1) is 0 Å². The van der Waals surface area contributed by atoms with Crippen molar-refractivity contribution in [2.45, 2.75) is 106 Å². The smallest absolute Gasteiger partial charge is 0.126 e. The highest BCUT2D eigenvalue weighted by atomic mass is 16.5. The molecule has 2 nitrogen and oxygen atoms in total. The molecule has 0 saturated heterocycles. The minimum atomic E-state index is 0.279. The SMILES string of the molecule is CC(C)=CCC/C(C)=C/CC/C(C)=C/CCC1CCc2c(C)c(O)c(C)c(C)c2O1. The van der Waals surface area contributed by atoms with Gasteiger partial charge in [-0.2, -0.15) is 0 Å². The number of phenols is 1. The molecule has 1 aromatic carbocycles. The molecular formula is C28H42O2. The molecule has 1 aromatic rings. The van der Waals surface area contributed by atoms with Gasteiger partial charge in [0.1, 0.15) is 11.5 Å². The summed E-state index contributed by atoms with van der Waals surface area (Å²) < 4.78 is 6.37. The number of benzene rings is 1. The van der Waals surface area contributed by atoms with Crippen LogP contribution in [0, 0.1) is 20.8 Å². The Bertz CT molecular complexity index is 820. The molecule has 0 spiro atoms. The highest BCUT2D eigenvalue weighted by Gasteiger charge is 2.25. The minimum Gasteiger partial charge on any atom is -0.507 e. The van der Waals surface area contributed by atoms with Crippen molar-refractivity contribution in [2.24, 2.45) is 0 Å².